The Hall–Kier alpha value is -3.91. The summed E-state index contributed by atoms with van der Waals surface area (Å²) in [6.45, 7) is 3.31. The van der Waals surface area contributed by atoms with Crippen LogP contribution in [0.1, 0.15) is 31.7 Å². The van der Waals surface area contributed by atoms with E-state index in [9.17, 15) is 9.59 Å². The summed E-state index contributed by atoms with van der Waals surface area (Å²) in [5.74, 6) is 0.326. The van der Waals surface area contributed by atoms with Crippen molar-refractivity contribution < 1.29 is 14.3 Å². The zero-order valence-corrected chi connectivity index (χ0v) is 23.6. The third kappa shape index (κ3) is 7.15. The number of nitrogens with one attached hydrogen (secondary N) is 1. The van der Waals surface area contributed by atoms with Crippen molar-refractivity contribution in [1.29, 1.82) is 0 Å². The van der Waals surface area contributed by atoms with Gasteiger partial charge in [0.05, 0.1) is 18.7 Å². The van der Waals surface area contributed by atoms with Crippen molar-refractivity contribution in [3.05, 3.63) is 84.4 Å². The average Bonchev–Trinajstić information content (AvgIpc) is 3.17. The summed E-state index contributed by atoms with van der Waals surface area (Å²) in [5.41, 5.74) is 3.52. The molecule has 0 bridgehead atoms. The Labute approximate surface area is 236 Å². The Kier molecular flexibility index (Phi) is 9.54. The van der Waals surface area contributed by atoms with E-state index in [2.05, 4.69) is 24.4 Å². The molecule has 2 amide bonds. The molecule has 1 aliphatic heterocycles. The number of ether oxygens (including phenoxy) is 1. The molecule has 1 N–H and O–H groups in total. The van der Waals surface area contributed by atoms with E-state index in [1.807, 2.05) is 90.6 Å². The Morgan fingerprint density at radius 3 is 2.33 bits per heavy atom. The lowest BCUT2D eigenvalue weighted by Crippen LogP contribution is -2.39. The molecule has 4 rings (SSSR count). The number of rotatable bonds is 12. The fourth-order valence-corrected chi connectivity index (χ4v) is 4.89. The maximum Gasteiger partial charge on any atom is 0.256 e. The van der Waals surface area contributed by atoms with Crippen LogP contribution in [0.2, 0.25) is 0 Å². The molecule has 3 aromatic rings. The molecule has 0 radical (unpaired) electrons. The van der Waals surface area contributed by atoms with Gasteiger partial charge in [-0.3, -0.25) is 14.5 Å². The highest BCUT2D eigenvalue weighted by atomic mass is 32.1. The molecular weight excluding hydrogens is 508 g/mol. The second-order valence-electron chi connectivity index (χ2n) is 9.79. The van der Waals surface area contributed by atoms with Crippen LogP contribution in [-0.4, -0.2) is 55.1 Å². The van der Waals surface area contributed by atoms with Crippen LogP contribution < -0.4 is 19.9 Å². The van der Waals surface area contributed by atoms with Crippen molar-refractivity contribution in [2.24, 2.45) is 0 Å². The zero-order chi connectivity index (χ0) is 27.8. The average molecular weight is 545 g/mol. The highest BCUT2D eigenvalue weighted by molar-refractivity contribution is 7.80. The first-order chi connectivity index (χ1) is 18.9. The predicted octanol–water partition coefficient (Wildman–Crippen LogP) is 5.51. The van der Waals surface area contributed by atoms with Crippen LogP contribution in [0, 0.1) is 0 Å². The molecule has 1 saturated heterocycles. The SMILES string of the molecule is CCCCOc1ccc(NC(=O)C[C@H]2C(=O)N(c3ccc(N(C)C)cc3)C(=S)N2CCc2ccccc2)cc1. The molecule has 7 nitrogen and oxygen atoms in total. The molecule has 204 valence electrons. The minimum Gasteiger partial charge on any atom is -0.494 e. The first-order valence-electron chi connectivity index (χ1n) is 13.4. The molecule has 0 unspecified atom stereocenters. The summed E-state index contributed by atoms with van der Waals surface area (Å²) in [6, 6.07) is 24.4. The van der Waals surface area contributed by atoms with Gasteiger partial charge >= 0.3 is 0 Å². The Morgan fingerprint density at radius 1 is 1.00 bits per heavy atom. The van der Waals surface area contributed by atoms with Crippen LogP contribution in [0.4, 0.5) is 17.1 Å². The molecule has 0 spiro atoms. The molecular formula is C31H36N4O3S. The fourth-order valence-electron chi connectivity index (χ4n) is 4.48. The molecule has 39 heavy (non-hydrogen) atoms. The van der Waals surface area contributed by atoms with E-state index in [0.717, 1.165) is 29.8 Å². The number of carbonyl (C=O) groups excluding carboxylic acids is 2. The molecule has 8 heteroatoms. The predicted molar refractivity (Wildman–Crippen MR) is 162 cm³/mol. The first-order valence-corrected chi connectivity index (χ1v) is 13.8. The van der Waals surface area contributed by atoms with Gasteiger partial charge in [-0.15, -0.1) is 0 Å². The normalized spacial score (nSPS) is 15.0. The van der Waals surface area contributed by atoms with Crippen LogP contribution in [0.15, 0.2) is 78.9 Å². The number of unbranched alkanes of at least 4 members (excludes halogenated alkanes) is 1. The smallest absolute Gasteiger partial charge is 0.256 e. The van der Waals surface area contributed by atoms with Crippen LogP contribution in [0.5, 0.6) is 5.75 Å². The molecule has 1 atom stereocenters. The van der Waals surface area contributed by atoms with Gasteiger partial charge in [-0.1, -0.05) is 43.7 Å². The summed E-state index contributed by atoms with van der Waals surface area (Å²) in [6.07, 6.45) is 2.76. The summed E-state index contributed by atoms with van der Waals surface area (Å²) in [7, 11) is 3.93. The molecule has 1 heterocycles. The van der Waals surface area contributed by atoms with E-state index in [1.54, 1.807) is 4.90 Å². The summed E-state index contributed by atoms with van der Waals surface area (Å²) in [5, 5.41) is 3.34. The first kappa shape index (κ1) is 28.1. The van der Waals surface area contributed by atoms with E-state index >= 15 is 0 Å². The third-order valence-electron chi connectivity index (χ3n) is 6.71. The van der Waals surface area contributed by atoms with E-state index in [0.29, 0.717) is 36.1 Å². The zero-order valence-electron chi connectivity index (χ0n) is 22.8. The van der Waals surface area contributed by atoms with Crippen molar-refractivity contribution in [2.75, 3.05) is 42.4 Å². The Balaban J connectivity index is 1.48. The van der Waals surface area contributed by atoms with Crippen molar-refractivity contribution in [1.82, 2.24) is 4.90 Å². The van der Waals surface area contributed by atoms with E-state index in [1.165, 1.54) is 0 Å². The Bertz CT molecular complexity index is 1260. The summed E-state index contributed by atoms with van der Waals surface area (Å²) >= 11 is 5.81. The number of anilines is 3. The van der Waals surface area contributed by atoms with E-state index in [4.69, 9.17) is 17.0 Å². The standard InChI is InChI=1S/C31H36N4O3S/c1-4-5-21-38-27-17-11-24(12-18-27)32-29(36)22-28-30(37)35(26-15-13-25(14-16-26)33(2)3)31(39)34(28)20-19-23-9-7-6-8-10-23/h6-18,28H,4-5,19-22H2,1-3H3,(H,32,36)/t28-/m0/s1. The second-order valence-corrected chi connectivity index (χ2v) is 10.2. The molecule has 0 aromatic heterocycles. The number of thiocarbonyl (C=S) groups is 1. The largest absolute Gasteiger partial charge is 0.494 e. The maximum atomic E-state index is 13.7. The van der Waals surface area contributed by atoms with Crippen LogP contribution in [0.25, 0.3) is 0 Å². The summed E-state index contributed by atoms with van der Waals surface area (Å²) < 4.78 is 5.70. The van der Waals surface area contributed by atoms with Crippen molar-refractivity contribution in [2.45, 2.75) is 38.6 Å². The highest BCUT2D eigenvalue weighted by Gasteiger charge is 2.43. The van der Waals surface area contributed by atoms with Crippen molar-refractivity contribution in [3.63, 3.8) is 0 Å². The van der Waals surface area contributed by atoms with Crippen molar-refractivity contribution in [3.8, 4) is 5.75 Å². The van der Waals surface area contributed by atoms with Gasteiger partial charge in [0.15, 0.2) is 5.11 Å². The van der Waals surface area contributed by atoms with Gasteiger partial charge in [0, 0.05) is 32.0 Å². The number of amides is 2. The van der Waals surface area contributed by atoms with Gasteiger partial charge in [0.2, 0.25) is 5.91 Å². The van der Waals surface area contributed by atoms with Gasteiger partial charge in [-0.25, -0.2) is 0 Å². The minimum absolute atomic E-state index is 0.00516. The Morgan fingerprint density at radius 2 is 1.69 bits per heavy atom. The number of hydrogen-bond acceptors (Lipinski definition) is 5. The highest BCUT2D eigenvalue weighted by Crippen LogP contribution is 2.29. The number of nitrogens with zero attached hydrogens (tertiary/aromatic N) is 3. The number of hydrogen-bond donors (Lipinski definition) is 1. The van der Waals surface area contributed by atoms with Gasteiger partial charge < -0.3 is 19.9 Å². The fraction of sp³-hybridized carbons (Fsp3) is 0.323. The summed E-state index contributed by atoms with van der Waals surface area (Å²) in [4.78, 5) is 32.3. The molecule has 3 aromatic carbocycles. The van der Waals surface area contributed by atoms with E-state index in [-0.39, 0.29) is 18.2 Å². The molecule has 0 saturated carbocycles. The van der Waals surface area contributed by atoms with Gasteiger partial charge in [0.1, 0.15) is 11.8 Å². The molecule has 0 aliphatic carbocycles. The van der Waals surface area contributed by atoms with Gasteiger partial charge in [-0.05, 0) is 79.2 Å². The lowest BCUT2D eigenvalue weighted by Gasteiger charge is -2.24. The van der Waals surface area contributed by atoms with Crippen LogP contribution in [0.3, 0.4) is 0 Å². The quantitative estimate of drug-likeness (QED) is 0.240. The number of carbonyl (C=O) groups is 2. The monoisotopic (exact) mass is 544 g/mol. The lowest BCUT2D eigenvalue weighted by atomic mass is 10.1. The van der Waals surface area contributed by atoms with Gasteiger partial charge in [-0.2, -0.15) is 0 Å². The minimum atomic E-state index is -0.689. The number of benzene rings is 3. The molecule has 1 aliphatic rings. The lowest BCUT2D eigenvalue weighted by molar-refractivity contribution is -0.124. The maximum absolute atomic E-state index is 13.7. The van der Waals surface area contributed by atoms with Crippen LogP contribution >= 0.6 is 12.2 Å². The van der Waals surface area contributed by atoms with Gasteiger partial charge in [0.25, 0.3) is 5.91 Å². The third-order valence-corrected chi connectivity index (χ3v) is 7.13. The molecule has 1 fully saturated rings. The van der Waals surface area contributed by atoms with Crippen molar-refractivity contribution >= 4 is 46.2 Å². The topological polar surface area (TPSA) is 65.1 Å². The second kappa shape index (κ2) is 13.2. The van der Waals surface area contributed by atoms with E-state index < -0.39 is 6.04 Å². The van der Waals surface area contributed by atoms with Crippen LogP contribution in [-0.2, 0) is 16.0 Å².